The van der Waals surface area contributed by atoms with Crippen molar-refractivity contribution < 1.29 is 14.4 Å². The van der Waals surface area contributed by atoms with E-state index in [4.69, 9.17) is 11.6 Å². The molecule has 1 aromatic carbocycles. The van der Waals surface area contributed by atoms with Crippen molar-refractivity contribution in [3.8, 4) is 0 Å². The Morgan fingerprint density at radius 3 is 2.44 bits per heavy atom. The fourth-order valence-electron chi connectivity index (χ4n) is 3.02. The number of rotatable bonds is 9. The minimum Gasteiger partial charge on any atom is -0.336 e. The van der Waals surface area contributed by atoms with Crippen molar-refractivity contribution in [3.05, 3.63) is 29.3 Å². The van der Waals surface area contributed by atoms with Crippen LogP contribution in [0.1, 0.15) is 45.4 Å². The number of unbranched alkanes of at least 4 members (excludes halogenated alkanes) is 4. The molecule has 1 saturated heterocycles. The Balaban J connectivity index is 1.81. The first-order chi connectivity index (χ1) is 12.9. The summed E-state index contributed by atoms with van der Waals surface area (Å²) in [5.74, 6) is -0.392. The molecule has 0 N–H and O–H groups in total. The van der Waals surface area contributed by atoms with Crippen molar-refractivity contribution in [2.24, 2.45) is 0 Å². The number of benzene rings is 1. The van der Waals surface area contributed by atoms with Gasteiger partial charge in [-0.2, -0.15) is 0 Å². The Morgan fingerprint density at radius 1 is 1.11 bits per heavy atom. The lowest BCUT2D eigenvalue weighted by molar-refractivity contribution is -0.139. The molecular formula is C20H28ClN3O3. The van der Waals surface area contributed by atoms with Crippen molar-refractivity contribution in [2.75, 3.05) is 31.7 Å². The molecule has 1 aliphatic rings. The molecule has 1 aliphatic heterocycles. The topological polar surface area (TPSA) is 60.9 Å². The minimum atomic E-state index is -0.221. The highest BCUT2D eigenvalue weighted by molar-refractivity contribution is 6.30. The van der Waals surface area contributed by atoms with Gasteiger partial charge < -0.3 is 9.80 Å². The molecule has 1 fully saturated rings. The van der Waals surface area contributed by atoms with Crippen LogP contribution in [0.5, 0.6) is 0 Å². The summed E-state index contributed by atoms with van der Waals surface area (Å²) in [6.45, 7) is 2.37. The van der Waals surface area contributed by atoms with Gasteiger partial charge in [0.25, 0.3) is 0 Å². The number of nitrogens with zero attached hydrogens (tertiary/aromatic N) is 3. The van der Waals surface area contributed by atoms with Gasteiger partial charge in [0.2, 0.25) is 17.7 Å². The predicted molar refractivity (Wildman–Crippen MR) is 107 cm³/mol. The van der Waals surface area contributed by atoms with Gasteiger partial charge in [0.1, 0.15) is 13.2 Å². The third kappa shape index (κ3) is 6.24. The number of hydrogen-bond donors (Lipinski definition) is 0. The van der Waals surface area contributed by atoms with Crippen LogP contribution >= 0.6 is 11.6 Å². The van der Waals surface area contributed by atoms with Crippen LogP contribution in [0.2, 0.25) is 5.02 Å². The molecular weight excluding hydrogens is 366 g/mol. The first kappa shape index (κ1) is 21.2. The molecule has 0 saturated carbocycles. The van der Waals surface area contributed by atoms with Gasteiger partial charge in [-0.1, -0.05) is 44.2 Å². The Morgan fingerprint density at radius 2 is 1.78 bits per heavy atom. The molecule has 0 aromatic heterocycles. The largest absolute Gasteiger partial charge is 0.336 e. The van der Waals surface area contributed by atoms with Gasteiger partial charge >= 0.3 is 0 Å². The van der Waals surface area contributed by atoms with Crippen LogP contribution in [0.4, 0.5) is 5.69 Å². The Hall–Kier alpha value is -2.08. The van der Waals surface area contributed by atoms with Gasteiger partial charge in [0.05, 0.1) is 6.54 Å². The lowest BCUT2D eigenvalue weighted by Gasteiger charge is -2.22. The molecule has 0 bridgehead atoms. The second-order valence-corrected chi connectivity index (χ2v) is 7.38. The van der Waals surface area contributed by atoms with Gasteiger partial charge in [0, 0.05) is 24.2 Å². The Bertz CT molecular complexity index is 663. The highest BCUT2D eigenvalue weighted by atomic mass is 35.5. The number of carbonyl (C=O) groups excluding carboxylic acids is 3. The Kier molecular flexibility index (Phi) is 8.10. The lowest BCUT2D eigenvalue weighted by atomic mass is 10.1. The molecule has 6 nitrogen and oxygen atoms in total. The predicted octanol–water partition coefficient (Wildman–Crippen LogP) is 3.29. The smallest absolute Gasteiger partial charge is 0.248 e. The summed E-state index contributed by atoms with van der Waals surface area (Å²) < 4.78 is 0. The van der Waals surface area contributed by atoms with E-state index in [2.05, 4.69) is 6.92 Å². The van der Waals surface area contributed by atoms with E-state index >= 15 is 0 Å². The number of halogens is 1. The maximum absolute atomic E-state index is 12.5. The summed E-state index contributed by atoms with van der Waals surface area (Å²) in [5, 5.41) is 0.591. The van der Waals surface area contributed by atoms with Crippen LogP contribution in [0, 0.1) is 0 Å². The Labute approximate surface area is 166 Å². The van der Waals surface area contributed by atoms with E-state index in [9.17, 15) is 14.4 Å². The quantitative estimate of drug-likeness (QED) is 0.605. The average Bonchev–Trinajstić information content (AvgIpc) is 3.04. The van der Waals surface area contributed by atoms with Gasteiger partial charge in [-0.05, 0) is 30.7 Å². The normalized spacial score (nSPS) is 14.0. The standard InChI is InChI=1S/C20H28ClN3O3/c1-3-4-5-6-7-8-18(25)22(2)13-19(26)23-14-20(27)24(15-23)17-11-9-16(21)10-12-17/h9-12H,3-8,13-15H2,1-2H3. The number of anilines is 1. The zero-order valence-corrected chi connectivity index (χ0v) is 16.9. The van der Waals surface area contributed by atoms with Crippen LogP contribution in [0.15, 0.2) is 24.3 Å². The maximum Gasteiger partial charge on any atom is 0.248 e. The van der Waals surface area contributed by atoms with E-state index in [1.54, 1.807) is 36.2 Å². The zero-order valence-electron chi connectivity index (χ0n) is 16.1. The van der Waals surface area contributed by atoms with Gasteiger partial charge in [-0.25, -0.2) is 0 Å². The third-order valence-electron chi connectivity index (χ3n) is 4.72. The number of hydrogen-bond acceptors (Lipinski definition) is 3. The van der Waals surface area contributed by atoms with E-state index in [1.165, 1.54) is 22.6 Å². The average molecular weight is 394 g/mol. The summed E-state index contributed by atoms with van der Waals surface area (Å²) in [5.41, 5.74) is 0.705. The van der Waals surface area contributed by atoms with Gasteiger partial charge in [-0.3, -0.25) is 19.3 Å². The van der Waals surface area contributed by atoms with Crippen molar-refractivity contribution in [3.63, 3.8) is 0 Å². The van der Waals surface area contributed by atoms with Gasteiger partial charge in [0.15, 0.2) is 0 Å². The summed E-state index contributed by atoms with van der Waals surface area (Å²) in [4.78, 5) is 41.4. The second-order valence-electron chi connectivity index (χ2n) is 6.95. The maximum atomic E-state index is 12.5. The van der Waals surface area contributed by atoms with Crippen LogP contribution in [-0.4, -0.2) is 54.3 Å². The number of carbonyl (C=O) groups is 3. The zero-order chi connectivity index (χ0) is 19.8. The summed E-state index contributed by atoms with van der Waals surface area (Å²) >= 11 is 5.88. The minimum absolute atomic E-state index is 0.00443. The van der Waals surface area contributed by atoms with E-state index in [1.807, 2.05) is 0 Å². The van der Waals surface area contributed by atoms with E-state index < -0.39 is 0 Å². The molecule has 0 aliphatic carbocycles. The van der Waals surface area contributed by atoms with Crippen LogP contribution in [0.25, 0.3) is 0 Å². The van der Waals surface area contributed by atoms with Crippen molar-refractivity contribution in [1.29, 1.82) is 0 Å². The van der Waals surface area contributed by atoms with Crippen molar-refractivity contribution in [2.45, 2.75) is 45.4 Å². The monoisotopic (exact) mass is 393 g/mol. The van der Waals surface area contributed by atoms with E-state index in [0.717, 1.165) is 19.3 Å². The molecule has 148 valence electrons. The number of likely N-dealkylation sites (N-methyl/N-ethyl adjacent to an activating group) is 1. The first-order valence-electron chi connectivity index (χ1n) is 9.50. The summed E-state index contributed by atoms with van der Waals surface area (Å²) in [6, 6.07) is 6.92. The summed E-state index contributed by atoms with van der Waals surface area (Å²) in [6.07, 6.45) is 5.85. The van der Waals surface area contributed by atoms with E-state index in [-0.39, 0.29) is 37.5 Å². The molecule has 7 heteroatoms. The SMILES string of the molecule is CCCCCCCC(=O)N(C)CC(=O)N1CC(=O)N(c2ccc(Cl)cc2)C1. The molecule has 2 rings (SSSR count). The molecule has 1 heterocycles. The molecule has 0 spiro atoms. The fourth-order valence-corrected chi connectivity index (χ4v) is 3.15. The second kappa shape index (κ2) is 10.3. The highest BCUT2D eigenvalue weighted by Crippen LogP contribution is 2.21. The van der Waals surface area contributed by atoms with E-state index in [0.29, 0.717) is 17.1 Å². The van der Waals surface area contributed by atoms with Crippen LogP contribution < -0.4 is 4.90 Å². The van der Waals surface area contributed by atoms with Crippen LogP contribution in [0.3, 0.4) is 0 Å². The van der Waals surface area contributed by atoms with Crippen molar-refractivity contribution in [1.82, 2.24) is 9.80 Å². The molecule has 3 amide bonds. The lowest BCUT2D eigenvalue weighted by Crippen LogP contribution is -2.40. The molecule has 1 aromatic rings. The van der Waals surface area contributed by atoms with Crippen molar-refractivity contribution >= 4 is 35.0 Å². The molecule has 0 unspecified atom stereocenters. The van der Waals surface area contributed by atoms with Gasteiger partial charge in [-0.15, -0.1) is 0 Å². The highest BCUT2D eigenvalue weighted by Gasteiger charge is 2.32. The summed E-state index contributed by atoms with van der Waals surface area (Å²) in [7, 11) is 1.64. The first-order valence-corrected chi connectivity index (χ1v) is 9.88. The third-order valence-corrected chi connectivity index (χ3v) is 4.97. The number of amides is 3. The molecule has 0 radical (unpaired) electrons. The fraction of sp³-hybridized carbons (Fsp3) is 0.550. The van der Waals surface area contributed by atoms with Crippen LogP contribution in [-0.2, 0) is 14.4 Å². The molecule has 27 heavy (non-hydrogen) atoms. The molecule has 0 atom stereocenters.